The van der Waals surface area contributed by atoms with Crippen LogP contribution in [0.4, 0.5) is 24.7 Å². The third kappa shape index (κ3) is 3.13. The Bertz CT molecular complexity index is 625. The molecule has 0 bridgehead atoms. The largest absolute Gasteiger partial charge is 0.481 e. The van der Waals surface area contributed by atoms with Crippen LogP contribution < -0.4 is 4.90 Å². The molecule has 2 atom stereocenters. The lowest BCUT2D eigenvalue weighted by Gasteiger charge is -2.19. The van der Waals surface area contributed by atoms with Gasteiger partial charge in [0, 0.05) is 19.2 Å². The van der Waals surface area contributed by atoms with Crippen LogP contribution >= 0.6 is 15.9 Å². The maximum absolute atomic E-state index is 12.9. The van der Waals surface area contributed by atoms with Crippen LogP contribution in [0.3, 0.4) is 0 Å². The molecule has 0 amide bonds. The Morgan fingerprint density at radius 2 is 2.14 bits per heavy atom. The lowest BCUT2D eigenvalue weighted by molar-refractivity contribution is -0.385. The summed E-state index contributed by atoms with van der Waals surface area (Å²) in [4.78, 5) is 25.9. The molecule has 1 aromatic rings. The van der Waals surface area contributed by atoms with E-state index in [-0.39, 0.29) is 22.5 Å². The Hall–Kier alpha value is -1.91. The van der Waals surface area contributed by atoms with Crippen molar-refractivity contribution in [2.24, 2.45) is 11.8 Å². The minimum Gasteiger partial charge on any atom is -0.481 e. The minimum absolute atomic E-state index is 0.0450. The third-order valence-corrected chi connectivity index (χ3v) is 3.96. The van der Waals surface area contributed by atoms with Crippen molar-refractivity contribution in [2.45, 2.75) is 6.18 Å². The summed E-state index contributed by atoms with van der Waals surface area (Å²) in [7, 11) is 0. The number of hydrogen-bond donors (Lipinski definition) is 1. The second-order valence-electron chi connectivity index (χ2n) is 4.75. The first-order valence-electron chi connectivity index (χ1n) is 5.95. The Kier molecular flexibility index (Phi) is 4.27. The number of carbonyl (C=O) groups is 1. The molecule has 0 radical (unpaired) electrons. The van der Waals surface area contributed by atoms with Gasteiger partial charge in [-0.3, -0.25) is 14.9 Å². The van der Waals surface area contributed by atoms with Gasteiger partial charge < -0.3 is 10.0 Å². The maximum atomic E-state index is 12.9. The summed E-state index contributed by atoms with van der Waals surface area (Å²) in [6.45, 7) is -0.938. The van der Waals surface area contributed by atoms with Gasteiger partial charge in [-0.15, -0.1) is 0 Å². The molecule has 1 fully saturated rings. The number of aliphatic carboxylic acids is 1. The van der Waals surface area contributed by atoms with E-state index in [4.69, 9.17) is 5.11 Å². The van der Waals surface area contributed by atoms with Crippen LogP contribution in [0.15, 0.2) is 16.7 Å². The highest BCUT2D eigenvalue weighted by Crippen LogP contribution is 2.40. The number of aromatic nitrogens is 1. The summed E-state index contributed by atoms with van der Waals surface area (Å²) in [5.41, 5.74) is -0.322. The van der Waals surface area contributed by atoms with Gasteiger partial charge in [0.05, 0.1) is 21.2 Å². The average molecular weight is 384 g/mol. The van der Waals surface area contributed by atoms with E-state index in [0.717, 1.165) is 17.2 Å². The van der Waals surface area contributed by atoms with Gasteiger partial charge in [-0.1, -0.05) is 0 Å². The molecule has 1 aromatic heterocycles. The minimum atomic E-state index is -4.65. The number of nitrogens with zero attached hydrogens (tertiary/aromatic N) is 3. The molecule has 0 spiro atoms. The van der Waals surface area contributed by atoms with Gasteiger partial charge >= 0.3 is 12.1 Å². The Labute approximate surface area is 130 Å². The van der Waals surface area contributed by atoms with E-state index in [9.17, 15) is 28.1 Å². The highest BCUT2D eigenvalue weighted by Gasteiger charge is 2.53. The van der Waals surface area contributed by atoms with Crippen molar-refractivity contribution in [3.8, 4) is 0 Å². The van der Waals surface area contributed by atoms with Crippen molar-refractivity contribution < 1.29 is 28.0 Å². The van der Waals surface area contributed by atoms with Crippen molar-refractivity contribution in [1.29, 1.82) is 0 Å². The molecule has 0 unspecified atom stereocenters. The molecule has 2 heterocycles. The third-order valence-electron chi connectivity index (χ3n) is 3.38. The summed E-state index contributed by atoms with van der Waals surface area (Å²) >= 11 is 3.02. The monoisotopic (exact) mass is 383 g/mol. The second-order valence-corrected chi connectivity index (χ2v) is 5.61. The van der Waals surface area contributed by atoms with Crippen molar-refractivity contribution in [1.82, 2.24) is 4.98 Å². The molecule has 22 heavy (non-hydrogen) atoms. The summed E-state index contributed by atoms with van der Waals surface area (Å²) < 4.78 is 38.9. The van der Waals surface area contributed by atoms with Crippen LogP contribution in [0.1, 0.15) is 0 Å². The number of nitro groups is 1. The average Bonchev–Trinajstić information content (AvgIpc) is 2.83. The van der Waals surface area contributed by atoms with Gasteiger partial charge in [-0.05, 0) is 15.9 Å². The molecule has 11 heteroatoms. The van der Waals surface area contributed by atoms with Gasteiger partial charge in [-0.25, -0.2) is 4.98 Å². The van der Waals surface area contributed by atoms with E-state index >= 15 is 0 Å². The van der Waals surface area contributed by atoms with Crippen LogP contribution in [0.25, 0.3) is 0 Å². The molecule has 1 saturated heterocycles. The molecule has 0 saturated carbocycles. The summed E-state index contributed by atoms with van der Waals surface area (Å²) in [6.07, 6.45) is -3.73. The van der Waals surface area contributed by atoms with E-state index < -0.39 is 35.4 Å². The predicted molar refractivity (Wildman–Crippen MR) is 71.5 cm³/mol. The molecule has 120 valence electrons. The van der Waals surface area contributed by atoms with E-state index in [2.05, 4.69) is 20.9 Å². The fourth-order valence-electron chi connectivity index (χ4n) is 2.31. The van der Waals surface area contributed by atoms with Crippen molar-refractivity contribution in [3.63, 3.8) is 0 Å². The topological polar surface area (TPSA) is 96.6 Å². The van der Waals surface area contributed by atoms with Gasteiger partial charge in [-0.2, -0.15) is 13.2 Å². The number of halogens is 4. The second kappa shape index (κ2) is 5.71. The number of alkyl halides is 3. The van der Waals surface area contributed by atoms with Crippen molar-refractivity contribution >= 4 is 33.4 Å². The van der Waals surface area contributed by atoms with Crippen molar-refractivity contribution in [2.75, 3.05) is 18.0 Å². The Balaban J connectivity index is 2.31. The van der Waals surface area contributed by atoms with Crippen LogP contribution in [0, 0.1) is 22.0 Å². The van der Waals surface area contributed by atoms with Crippen LogP contribution in [-0.4, -0.2) is 40.2 Å². The summed E-state index contributed by atoms with van der Waals surface area (Å²) in [6, 6.07) is 1.11. The molecule has 2 rings (SSSR count). The fraction of sp³-hybridized carbons (Fsp3) is 0.455. The van der Waals surface area contributed by atoms with Gasteiger partial charge in [0.1, 0.15) is 12.0 Å². The first kappa shape index (κ1) is 16.5. The summed E-state index contributed by atoms with van der Waals surface area (Å²) in [5, 5.41) is 19.6. The molecule has 1 aliphatic heterocycles. The standard InChI is InChI=1S/C11H9BrF3N3O4/c12-8-1-5(18(21)22)2-16-9(8)17-3-6(10(19)20)7(4-17)11(13,14)15/h1-2,6-7H,3-4H2,(H,19,20)/t6-,7-/m1/s1. The molecule has 0 aliphatic carbocycles. The molecular weight excluding hydrogens is 375 g/mol. The summed E-state index contributed by atoms with van der Waals surface area (Å²) in [5.74, 6) is -5.12. The molecule has 0 aromatic carbocycles. The van der Waals surface area contributed by atoms with Crippen LogP contribution in [-0.2, 0) is 4.79 Å². The fourth-order valence-corrected chi connectivity index (χ4v) is 2.90. The highest BCUT2D eigenvalue weighted by atomic mass is 79.9. The van der Waals surface area contributed by atoms with E-state index in [0.29, 0.717) is 0 Å². The lowest BCUT2D eigenvalue weighted by Crippen LogP contribution is -2.33. The predicted octanol–water partition coefficient (Wildman–Crippen LogP) is 2.45. The van der Waals surface area contributed by atoms with Crippen LogP contribution in [0.5, 0.6) is 0 Å². The Morgan fingerprint density at radius 3 is 2.55 bits per heavy atom. The zero-order valence-corrected chi connectivity index (χ0v) is 12.3. The normalized spacial score (nSPS) is 21.9. The van der Waals surface area contributed by atoms with E-state index in [1.165, 1.54) is 0 Å². The lowest BCUT2D eigenvalue weighted by atomic mass is 9.96. The van der Waals surface area contributed by atoms with Crippen LogP contribution in [0.2, 0.25) is 0 Å². The first-order chi connectivity index (χ1) is 10.1. The van der Waals surface area contributed by atoms with Crippen molar-refractivity contribution in [3.05, 3.63) is 26.9 Å². The van der Waals surface area contributed by atoms with E-state index in [1.807, 2.05) is 0 Å². The Morgan fingerprint density at radius 1 is 1.50 bits per heavy atom. The SMILES string of the molecule is O=C(O)[C@@H]1CN(c2ncc([N+](=O)[O-])cc2Br)C[C@H]1C(F)(F)F. The molecule has 7 nitrogen and oxygen atoms in total. The molecular formula is C11H9BrF3N3O4. The number of pyridine rings is 1. The number of rotatable bonds is 3. The number of carboxylic acids is 1. The molecule has 1 N–H and O–H groups in total. The maximum Gasteiger partial charge on any atom is 0.394 e. The first-order valence-corrected chi connectivity index (χ1v) is 6.75. The quantitative estimate of drug-likeness (QED) is 0.635. The smallest absolute Gasteiger partial charge is 0.394 e. The number of carboxylic acid groups (broad SMARTS) is 1. The molecule has 1 aliphatic rings. The zero-order valence-electron chi connectivity index (χ0n) is 10.7. The number of anilines is 1. The van der Waals surface area contributed by atoms with E-state index in [1.54, 1.807) is 0 Å². The van der Waals surface area contributed by atoms with Gasteiger partial charge in [0.2, 0.25) is 0 Å². The van der Waals surface area contributed by atoms with Gasteiger partial charge in [0.25, 0.3) is 5.69 Å². The highest BCUT2D eigenvalue weighted by molar-refractivity contribution is 9.10. The number of hydrogen-bond acceptors (Lipinski definition) is 5. The van der Waals surface area contributed by atoms with Gasteiger partial charge in [0.15, 0.2) is 0 Å². The zero-order chi connectivity index (χ0) is 16.7.